The van der Waals surface area contributed by atoms with E-state index in [1.165, 1.54) is 0 Å². The van der Waals surface area contributed by atoms with Gasteiger partial charge in [-0.1, -0.05) is 6.92 Å². The fraction of sp³-hybridized carbons (Fsp3) is 0.300. The Bertz CT molecular complexity index is 454. The van der Waals surface area contributed by atoms with Gasteiger partial charge in [0.05, 0.1) is 12.2 Å². The molecule has 0 aliphatic carbocycles. The number of aromatic amines is 1. The largest absolute Gasteiger partial charge is 0.364 e. The van der Waals surface area contributed by atoms with Gasteiger partial charge in [0, 0.05) is 18.7 Å². The first-order chi connectivity index (χ1) is 7.78. The number of anilines is 1. The van der Waals surface area contributed by atoms with E-state index >= 15 is 0 Å². The molecule has 0 spiro atoms. The molecule has 2 aromatic rings. The molecule has 16 heavy (non-hydrogen) atoms. The van der Waals surface area contributed by atoms with Gasteiger partial charge in [0.25, 0.3) is 0 Å². The number of aryl methyl sites for hydroxylation is 1. The Morgan fingerprint density at radius 3 is 3.00 bits per heavy atom. The molecule has 2 N–H and O–H groups in total. The molecule has 0 bridgehead atoms. The van der Waals surface area contributed by atoms with Crippen molar-refractivity contribution in [3.63, 3.8) is 0 Å². The van der Waals surface area contributed by atoms with Crippen LogP contribution in [0.5, 0.6) is 0 Å². The Kier molecular flexibility index (Phi) is 3.51. The van der Waals surface area contributed by atoms with Gasteiger partial charge >= 0.3 is 0 Å². The molecule has 0 unspecified atom stereocenters. The minimum Gasteiger partial charge on any atom is -0.364 e. The third-order valence-electron chi connectivity index (χ3n) is 2.08. The van der Waals surface area contributed by atoms with Gasteiger partial charge in [-0.05, 0) is 22.0 Å². The Hall–Kier alpha value is -1.43. The predicted molar refractivity (Wildman–Crippen MR) is 65.0 cm³/mol. The lowest BCUT2D eigenvalue weighted by molar-refractivity contribution is 0.913. The quantitative estimate of drug-likeness (QED) is 0.843. The highest BCUT2D eigenvalue weighted by molar-refractivity contribution is 9.10. The number of nitrogens with one attached hydrogen (secondary N) is 2. The summed E-state index contributed by atoms with van der Waals surface area (Å²) in [5.74, 6) is 1.63. The highest BCUT2D eigenvalue weighted by Crippen LogP contribution is 2.13. The SMILES string of the molecule is CCc1nc(Br)cc(NCc2ccn[nH]2)n1. The number of H-pyrrole nitrogens is 1. The molecule has 0 aliphatic heterocycles. The topological polar surface area (TPSA) is 66.5 Å². The minimum absolute atomic E-state index is 0.673. The summed E-state index contributed by atoms with van der Waals surface area (Å²) < 4.78 is 0.798. The van der Waals surface area contributed by atoms with E-state index in [2.05, 4.69) is 41.4 Å². The number of rotatable bonds is 4. The van der Waals surface area contributed by atoms with Crippen molar-refractivity contribution in [1.82, 2.24) is 20.2 Å². The van der Waals surface area contributed by atoms with Gasteiger partial charge in [-0.25, -0.2) is 9.97 Å². The molecule has 6 heteroatoms. The summed E-state index contributed by atoms with van der Waals surface area (Å²) in [4.78, 5) is 8.61. The maximum Gasteiger partial charge on any atom is 0.131 e. The summed E-state index contributed by atoms with van der Waals surface area (Å²) in [6.45, 7) is 2.70. The summed E-state index contributed by atoms with van der Waals surface area (Å²) in [7, 11) is 0. The summed E-state index contributed by atoms with van der Waals surface area (Å²) in [5.41, 5.74) is 1.02. The molecular weight excluding hydrogens is 270 g/mol. The normalized spacial score (nSPS) is 10.4. The Morgan fingerprint density at radius 2 is 2.31 bits per heavy atom. The number of aromatic nitrogens is 4. The number of hydrogen-bond donors (Lipinski definition) is 2. The highest BCUT2D eigenvalue weighted by Gasteiger charge is 2.01. The van der Waals surface area contributed by atoms with Crippen molar-refractivity contribution in [2.45, 2.75) is 19.9 Å². The van der Waals surface area contributed by atoms with E-state index in [4.69, 9.17) is 0 Å². The van der Waals surface area contributed by atoms with Crippen LogP contribution in [0.25, 0.3) is 0 Å². The smallest absolute Gasteiger partial charge is 0.131 e. The second kappa shape index (κ2) is 5.07. The van der Waals surface area contributed by atoms with Gasteiger partial charge < -0.3 is 5.32 Å². The highest BCUT2D eigenvalue weighted by atomic mass is 79.9. The molecular formula is C10H12BrN5. The van der Waals surface area contributed by atoms with Crippen LogP contribution in [0.15, 0.2) is 22.9 Å². The van der Waals surface area contributed by atoms with Gasteiger partial charge in [0.1, 0.15) is 16.2 Å². The Labute approximate surface area is 102 Å². The van der Waals surface area contributed by atoms with Gasteiger partial charge in [0.2, 0.25) is 0 Å². The lowest BCUT2D eigenvalue weighted by atomic mass is 10.4. The van der Waals surface area contributed by atoms with E-state index in [1.54, 1.807) is 6.20 Å². The monoisotopic (exact) mass is 281 g/mol. The standard InChI is InChI=1S/C10H12BrN5/c1-2-9-14-8(11)5-10(15-9)12-6-7-3-4-13-16-7/h3-5H,2,6H2,1H3,(H,13,16)(H,12,14,15). The average Bonchev–Trinajstić information content (AvgIpc) is 2.78. The van der Waals surface area contributed by atoms with Crippen LogP contribution in [0.2, 0.25) is 0 Å². The first-order valence-corrected chi connectivity index (χ1v) is 5.83. The van der Waals surface area contributed by atoms with E-state index in [0.717, 1.165) is 28.4 Å². The van der Waals surface area contributed by atoms with Crippen LogP contribution < -0.4 is 5.32 Å². The molecule has 5 nitrogen and oxygen atoms in total. The van der Waals surface area contributed by atoms with E-state index in [-0.39, 0.29) is 0 Å². The van der Waals surface area contributed by atoms with E-state index in [9.17, 15) is 0 Å². The van der Waals surface area contributed by atoms with Crippen molar-refractivity contribution in [3.8, 4) is 0 Å². The number of halogens is 1. The fourth-order valence-electron chi connectivity index (χ4n) is 1.28. The molecule has 0 radical (unpaired) electrons. The molecule has 2 rings (SSSR count). The minimum atomic E-state index is 0.673. The molecule has 0 atom stereocenters. The first kappa shape index (κ1) is 11.1. The van der Waals surface area contributed by atoms with Crippen LogP contribution >= 0.6 is 15.9 Å². The van der Waals surface area contributed by atoms with Crippen molar-refractivity contribution in [1.29, 1.82) is 0 Å². The maximum atomic E-state index is 4.36. The van der Waals surface area contributed by atoms with E-state index < -0.39 is 0 Å². The summed E-state index contributed by atoms with van der Waals surface area (Å²) in [5, 5.41) is 9.97. The lowest BCUT2D eigenvalue weighted by Gasteiger charge is -2.05. The predicted octanol–water partition coefficient (Wildman–Crippen LogP) is 2.14. The Morgan fingerprint density at radius 1 is 1.44 bits per heavy atom. The molecule has 2 aromatic heterocycles. The van der Waals surface area contributed by atoms with Crippen LogP contribution in [0.3, 0.4) is 0 Å². The zero-order valence-corrected chi connectivity index (χ0v) is 10.5. The molecule has 0 saturated carbocycles. The van der Waals surface area contributed by atoms with E-state index in [0.29, 0.717) is 6.54 Å². The lowest BCUT2D eigenvalue weighted by Crippen LogP contribution is -2.04. The van der Waals surface area contributed by atoms with Crippen LogP contribution in [-0.4, -0.2) is 20.2 Å². The first-order valence-electron chi connectivity index (χ1n) is 5.03. The summed E-state index contributed by atoms with van der Waals surface area (Å²) in [6.07, 6.45) is 2.54. The zero-order valence-electron chi connectivity index (χ0n) is 8.87. The zero-order chi connectivity index (χ0) is 11.4. The van der Waals surface area contributed by atoms with Crippen LogP contribution in [0.1, 0.15) is 18.4 Å². The van der Waals surface area contributed by atoms with Crippen molar-refractivity contribution in [2.75, 3.05) is 5.32 Å². The van der Waals surface area contributed by atoms with Gasteiger partial charge in [0.15, 0.2) is 0 Å². The van der Waals surface area contributed by atoms with Crippen LogP contribution in [0.4, 0.5) is 5.82 Å². The number of nitrogens with zero attached hydrogens (tertiary/aromatic N) is 3. The van der Waals surface area contributed by atoms with Crippen LogP contribution in [0, 0.1) is 0 Å². The molecule has 0 fully saturated rings. The Balaban J connectivity index is 2.06. The molecule has 0 saturated heterocycles. The van der Waals surface area contributed by atoms with Gasteiger partial charge in [-0.3, -0.25) is 5.10 Å². The molecule has 0 aromatic carbocycles. The second-order valence-electron chi connectivity index (χ2n) is 3.28. The van der Waals surface area contributed by atoms with Crippen molar-refractivity contribution in [2.24, 2.45) is 0 Å². The number of hydrogen-bond acceptors (Lipinski definition) is 4. The maximum absolute atomic E-state index is 4.36. The van der Waals surface area contributed by atoms with Gasteiger partial charge in [-0.2, -0.15) is 5.10 Å². The van der Waals surface area contributed by atoms with Gasteiger partial charge in [-0.15, -0.1) is 0 Å². The molecule has 84 valence electrons. The molecule has 0 aliphatic rings. The molecule has 0 amide bonds. The third kappa shape index (κ3) is 2.79. The van der Waals surface area contributed by atoms with Crippen molar-refractivity contribution >= 4 is 21.7 Å². The third-order valence-corrected chi connectivity index (χ3v) is 2.48. The van der Waals surface area contributed by atoms with Crippen molar-refractivity contribution < 1.29 is 0 Å². The van der Waals surface area contributed by atoms with E-state index in [1.807, 2.05) is 19.1 Å². The fourth-order valence-corrected chi connectivity index (χ4v) is 1.70. The second-order valence-corrected chi connectivity index (χ2v) is 4.09. The summed E-state index contributed by atoms with van der Waals surface area (Å²) in [6, 6.07) is 3.78. The van der Waals surface area contributed by atoms with Crippen molar-refractivity contribution in [3.05, 3.63) is 34.5 Å². The molecule has 2 heterocycles. The average molecular weight is 282 g/mol. The summed E-state index contributed by atoms with van der Waals surface area (Å²) >= 11 is 3.36. The van der Waals surface area contributed by atoms with Crippen LogP contribution in [-0.2, 0) is 13.0 Å².